The standard InChI is InChI=1S/C20H17N3O2S.2C20H19N3S.2C19H17N3S/c1-13-20(22-18-4-2-3-9-23(13)18)15-11-26-19(21-15)8-6-14-5-7-16-17(10-14)25-12-24-16;2*1-14-6-8-16(9-7-14)10-11-19-21-17(13-24-19)20-15(2)23-12-4-3-5-18(23)22-20;2*1-13-6-8-15(9-7-13)11-18-20-16(12-23-18)19-14(2)22-10-4-3-5-17(22)21-19/h2-5,7,9-11H,6,8,12H2,1H3;2*3-9,12-13H,10-11H2,1-2H3;2*3-10,12H,11H2,1-2H3. The van der Waals surface area contributed by atoms with Crippen molar-refractivity contribution in [3.8, 4) is 68.4 Å². The van der Waals surface area contributed by atoms with E-state index in [9.17, 15) is 0 Å². The zero-order valence-electron chi connectivity index (χ0n) is 68.3. The molecule has 0 saturated heterocycles. The van der Waals surface area contributed by atoms with Gasteiger partial charge in [0.25, 0.3) is 0 Å². The molecule has 0 fully saturated rings. The van der Waals surface area contributed by atoms with E-state index in [1.165, 1.54) is 60.1 Å². The minimum absolute atomic E-state index is 0.312. The van der Waals surface area contributed by atoms with Crippen molar-refractivity contribution >= 4 is 84.9 Å². The van der Waals surface area contributed by atoms with E-state index in [1.54, 1.807) is 56.7 Å². The Bertz CT molecular complexity index is 6580. The van der Waals surface area contributed by atoms with E-state index in [0.717, 1.165) is 192 Å². The van der Waals surface area contributed by atoms with Crippen LogP contribution in [0, 0.1) is 62.3 Å². The van der Waals surface area contributed by atoms with Crippen LogP contribution >= 0.6 is 56.7 Å². The minimum Gasteiger partial charge on any atom is -0.454 e. The van der Waals surface area contributed by atoms with Crippen LogP contribution in [0.5, 0.6) is 11.5 Å². The average molecular weight is 1670 g/mol. The van der Waals surface area contributed by atoms with E-state index < -0.39 is 0 Å². The first-order chi connectivity index (χ1) is 58.6. The molecule has 598 valence electrons. The van der Waals surface area contributed by atoms with Gasteiger partial charge in [0.2, 0.25) is 6.79 Å². The summed E-state index contributed by atoms with van der Waals surface area (Å²) in [5.41, 5.74) is 32.0. The number of pyridine rings is 5. The number of imidazole rings is 5. The highest BCUT2D eigenvalue weighted by Crippen LogP contribution is 2.36. The summed E-state index contributed by atoms with van der Waals surface area (Å²) in [6.07, 6.45) is 17.8. The van der Waals surface area contributed by atoms with Crippen LogP contribution in [0.25, 0.3) is 85.2 Å². The van der Waals surface area contributed by atoms with E-state index in [1.807, 2.05) is 128 Å². The number of thiazole rings is 5. The highest BCUT2D eigenvalue weighted by molar-refractivity contribution is 7.11. The molecule has 0 radical (unpaired) electrons. The lowest BCUT2D eigenvalue weighted by Gasteiger charge is -2.01. The SMILES string of the molecule is Cc1c(-c2csc(CCc3ccc4c(c3)OCO4)n2)nc2ccccn12.Cc1ccc(CCc2nc(-c3nc4ccccn4c3C)cs2)cc1.Cc1ccc(CCc2nc(-c3nc4ccccn4c3C)cs2)cc1.Cc1ccc(Cc2nc(-c3nc4ccccn4c3C)cs2)cc1.Cc1ccc(Cc2nc(-c3nc4ccccn4c3C)cs2)cc1. The molecule has 0 N–H and O–H groups in total. The van der Waals surface area contributed by atoms with Gasteiger partial charge >= 0.3 is 0 Å². The summed E-state index contributed by atoms with van der Waals surface area (Å²) in [5, 5.41) is 16.3. The monoisotopic (exact) mass is 1670 g/mol. The lowest BCUT2D eigenvalue weighted by molar-refractivity contribution is 0.174. The van der Waals surface area contributed by atoms with Crippen molar-refractivity contribution in [1.82, 2.24) is 71.8 Å². The Hall–Kier alpha value is -12.7. The van der Waals surface area contributed by atoms with Gasteiger partial charge in [-0.2, -0.15) is 0 Å². The smallest absolute Gasteiger partial charge is 0.231 e. The first-order valence-corrected chi connectivity index (χ1v) is 44.5. The molecular formula is C98H89N15O2S5. The normalized spacial score (nSPS) is 11.6. The second-order valence-electron chi connectivity index (χ2n) is 30.0. The number of fused-ring (bicyclic) bond motifs is 6. The average Bonchev–Trinajstić information content (AvgIpc) is 1.66. The molecule has 0 bridgehead atoms. The summed E-state index contributed by atoms with van der Waals surface area (Å²) in [6, 6.07) is 71.2. The van der Waals surface area contributed by atoms with Gasteiger partial charge in [-0.05, 0) is 182 Å². The van der Waals surface area contributed by atoms with Gasteiger partial charge in [-0.15, -0.1) is 56.7 Å². The van der Waals surface area contributed by atoms with Crippen LogP contribution in [0.3, 0.4) is 0 Å². The second kappa shape index (κ2) is 36.3. The molecule has 0 aliphatic carbocycles. The fourth-order valence-corrected chi connectivity index (χ4v) is 18.5. The number of benzene rings is 5. The first-order valence-electron chi connectivity index (χ1n) is 40.1. The maximum Gasteiger partial charge on any atom is 0.231 e. The Balaban J connectivity index is 0.000000107. The molecule has 0 spiro atoms. The molecule has 17 nitrogen and oxygen atoms in total. The molecule has 1 aliphatic heterocycles. The van der Waals surface area contributed by atoms with Crippen LogP contribution in [0.1, 0.15) is 104 Å². The van der Waals surface area contributed by atoms with Crippen LogP contribution in [-0.4, -0.2) is 78.6 Å². The molecule has 120 heavy (non-hydrogen) atoms. The van der Waals surface area contributed by atoms with Gasteiger partial charge in [-0.1, -0.05) is 156 Å². The van der Waals surface area contributed by atoms with Crippen molar-refractivity contribution in [2.75, 3.05) is 6.79 Å². The van der Waals surface area contributed by atoms with Crippen LogP contribution in [0.2, 0.25) is 0 Å². The summed E-state index contributed by atoms with van der Waals surface area (Å²) in [4.78, 5) is 47.7. The lowest BCUT2D eigenvalue weighted by Crippen LogP contribution is -1.93. The number of aromatic nitrogens is 15. The molecule has 15 aromatic heterocycles. The predicted molar refractivity (Wildman–Crippen MR) is 490 cm³/mol. The van der Waals surface area contributed by atoms with Crippen molar-refractivity contribution in [2.24, 2.45) is 0 Å². The van der Waals surface area contributed by atoms with Crippen LogP contribution in [0.4, 0.5) is 0 Å². The van der Waals surface area contributed by atoms with Gasteiger partial charge in [0, 0.05) is 118 Å². The fraction of sp³-hybridized carbons (Fsp3) is 0.184. The van der Waals surface area contributed by atoms with Gasteiger partial charge in [-0.3, -0.25) is 0 Å². The van der Waals surface area contributed by atoms with Crippen molar-refractivity contribution < 1.29 is 9.47 Å². The quantitative estimate of drug-likeness (QED) is 0.0798. The first kappa shape index (κ1) is 79.8. The van der Waals surface area contributed by atoms with Crippen molar-refractivity contribution in [1.29, 1.82) is 0 Å². The van der Waals surface area contributed by atoms with Crippen LogP contribution in [0.15, 0.2) is 264 Å². The Morgan fingerprint density at radius 1 is 0.250 bits per heavy atom. The highest BCUT2D eigenvalue weighted by atomic mass is 32.1. The summed E-state index contributed by atoms with van der Waals surface area (Å²) in [7, 11) is 0. The molecule has 16 heterocycles. The Labute approximate surface area is 717 Å². The zero-order chi connectivity index (χ0) is 82.2. The molecule has 5 aromatic carbocycles. The molecule has 0 unspecified atom stereocenters. The molecule has 21 rings (SSSR count). The topological polar surface area (TPSA) is 169 Å². The third-order valence-corrected chi connectivity index (χ3v) is 25.8. The Morgan fingerprint density at radius 3 is 0.792 bits per heavy atom. The molecule has 0 atom stereocenters. The number of ether oxygens (including phenoxy) is 2. The minimum atomic E-state index is 0.312. The maximum absolute atomic E-state index is 5.45. The van der Waals surface area contributed by atoms with E-state index in [-0.39, 0.29) is 0 Å². The molecule has 0 amide bonds. The van der Waals surface area contributed by atoms with Crippen molar-refractivity contribution in [3.05, 3.63) is 368 Å². The second-order valence-corrected chi connectivity index (χ2v) is 34.7. The van der Waals surface area contributed by atoms with Gasteiger partial charge in [-0.25, -0.2) is 49.8 Å². The number of rotatable bonds is 18. The van der Waals surface area contributed by atoms with Gasteiger partial charge in [0.1, 0.15) is 85.2 Å². The predicted octanol–water partition coefficient (Wildman–Crippen LogP) is 23.3. The molecule has 22 heteroatoms. The Kier molecular flexibility index (Phi) is 24.1. The van der Waals surface area contributed by atoms with E-state index >= 15 is 0 Å². The van der Waals surface area contributed by atoms with E-state index in [0.29, 0.717) is 6.79 Å². The molecule has 0 saturated carbocycles. The van der Waals surface area contributed by atoms with E-state index in [4.69, 9.17) is 59.3 Å². The molecular weight excluding hydrogens is 1580 g/mol. The summed E-state index contributed by atoms with van der Waals surface area (Å²) in [5.74, 6) is 1.66. The van der Waals surface area contributed by atoms with Gasteiger partial charge in [0.15, 0.2) is 11.5 Å². The summed E-state index contributed by atoms with van der Waals surface area (Å²) < 4.78 is 21.3. The number of aryl methyl sites for hydroxylation is 15. The van der Waals surface area contributed by atoms with Crippen LogP contribution < -0.4 is 9.47 Å². The molecule has 1 aliphatic rings. The Morgan fingerprint density at radius 2 is 0.500 bits per heavy atom. The third-order valence-electron chi connectivity index (χ3n) is 21.3. The van der Waals surface area contributed by atoms with Gasteiger partial charge in [0.05, 0.1) is 25.0 Å². The van der Waals surface area contributed by atoms with Crippen molar-refractivity contribution in [3.63, 3.8) is 0 Å². The fourth-order valence-electron chi connectivity index (χ4n) is 14.5. The number of nitrogens with zero attached hydrogens (tertiary/aromatic N) is 15. The number of hydrogen-bond donors (Lipinski definition) is 0. The van der Waals surface area contributed by atoms with Crippen LogP contribution in [-0.2, 0) is 51.4 Å². The van der Waals surface area contributed by atoms with Crippen molar-refractivity contribution in [2.45, 2.75) is 114 Å². The number of hydrogen-bond acceptors (Lipinski definition) is 17. The largest absolute Gasteiger partial charge is 0.454 e. The summed E-state index contributed by atoms with van der Waals surface area (Å²) >= 11 is 8.54. The highest BCUT2D eigenvalue weighted by Gasteiger charge is 2.21. The third kappa shape index (κ3) is 18.4. The van der Waals surface area contributed by atoms with Gasteiger partial charge < -0.3 is 31.5 Å². The molecule has 20 aromatic rings. The lowest BCUT2D eigenvalue weighted by atomic mass is 10.1. The summed E-state index contributed by atoms with van der Waals surface area (Å²) in [6.45, 7) is 19.2. The zero-order valence-corrected chi connectivity index (χ0v) is 72.4. The van der Waals surface area contributed by atoms with E-state index in [2.05, 4.69) is 220 Å². The maximum atomic E-state index is 5.45.